The molecule has 2 rings (SSSR count). The second kappa shape index (κ2) is 7.78. The number of carbonyl (C=O) groups excluding carboxylic acids is 2. The monoisotopic (exact) mass is 290 g/mol. The number of nitrogens with zero attached hydrogens (tertiary/aromatic N) is 1. The summed E-state index contributed by atoms with van der Waals surface area (Å²) in [6, 6.07) is 7.43. The van der Waals surface area contributed by atoms with Gasteiger partial charge in [0.1, 0.15) is 12.0 Å². The number of para-hydroxylation sites is 2. The average Bonchev–Trinajstić information content (AvgIpc) is 2.50. The molecule has 5 nitrogen and oxygen atoms in total. The van der Waals surface area contributed by atoms with Gasteiger partial charge in [0.05, 0.1) is 18.8 Å². The Labute approximate surface area is 125 Å². The van der Waals surface area contributed by atoms with Crippen LogP contribution in [0.3, 0.4) is 0 Å². The van der Waals surface area contributed by atoms with Crippen molar-refractivity contribution in [3.05, 3.63) is 24.3 Å². The first kappa shape index (κ1) is 15.5. The third-order valence-electron chi connectivity index (χ3n) is 3.65. The van der Waals surface area contributed by atoms with E-state index in [0.29, 0.717) is 24.6 Å². The van der Waals surface area contributed by atoms with Crippen LogP contribution in [0.15, 0.2) is 24.3 Å². The molecule has 21 heavy (non-hydrogen) atoms. The Bertz CT molecular complexity index is 482. The topological polar surface area (TPSA) is 58.6 Å². The van der Waals surface area contributed by atoms with Gasteiger partial charge < -0.3 is 14.8 Å². The minimum Gasteiger partial charge on any atom is -0.492 e. The van der Waals surface area contributed by atoms with E-state index in [-0.39, 0.29) is 11.8 Å². The molecule has 0 atom stereocenters. The fourth-order valence-electron chi connectivity index (χ4n) is 2.49. The summed E-state index contributed by atoms with van der Waals surface area (Å²) in [6.07, 6.45) is 2.70. The molecule has 5 heteroatoms. The van der Waals surface area contributed by atoms with Crippen LogP contribution in [0.2, 0.25) is 0 Å². The lowest BCUT2D eigenvalue weighted by atomic mass is 9.99. The van der Waals surface area contributed by atoms with Gasteiger partial charge in [0.2, 0.25) is 5.91 Å². The molecule has 1 saturated heterocycles. The van der Waals surface area contributed by atoms with E-state index in [1.807, 2.05) is 31.2 Å². The normalized spacial score (nSPS) is 16.4. The Morgan fingerprint density at radius 2 is 2.10 bits per heavy atom. The highest BCUT2D eigenvalue weighted by atomic mass is 16.5. The molecule has 0 spiro atoms. The first-order valence-corrected chi connectivity index (χ1v) is 7.42. The predicted octanol–water partition coefficient (Wildman–Crippen LogP) is 1.93. The van der Waals surface area contributed by atoms with Gasteiger partial charge in [0, 0.05) is 5.92 Å². The number of piperidine rings is 1. The van der Waals surface area contributed by atoms with Crippen LogP contribution in [0.1, 0.15) is 19.8 Å². The third kappa shape index (κ3) is 4.56. The fourth-order valence-corrected chi connectivity index (χ4v) is 2.49. The molecule has 1 fully saturated rings. The van der Waals surface area contributed by atoms with Crippen molar-refractivity contribution in [1.29, 1.82) is 0 Å². The number of amides is 1. The Hall–Kier alpha value is -1.88. The van der Waals surface area contributed by atoms with Gasteiger partial charge in [-0.2, -0.15) is 0 Å². The minimum absolute atomic E-state index is 0.0493. The molecule has 1 N–H and O–H groups in total. The van der Waals surface area contributed by atoms with Gasteiger partial charge in [0.15, 0.2) is 0 Å². The van der Waals surface area contributed by atoms with Crippen molar-refractivity contribution < 1.29 is 14.3 Å². The van der Waals surface area contributed by atoms with Crippen molar-refractivity contribution in [2.75, 3.05) is 31.6 Å². The standard InChI is InChI=1S/C16H22N2O3/c1-2-21-15-6-4-3-5-14(15)17-16(20)11-18-9-7-13(12-19)8-10-18/h3-6,12-13H,2,7-11H2,1H3,(H,17,20). The average molecular weight is 290 g/mol. The van der Waals surface area contributed by atoms with Crippen LogP contribution in [0, 0.1) is 5.92 Å². The Balaban J connectivity index is 1.86. The van der Waals surface area contributed by atoms with Gasteiger partial charge in [-0.3, -0.25) is 9.69 Å². The molecule has 0 aromatic heterocycles. The second-order valence-electron chi connectivity index (χ2n) is 5.23. The third-order valence-corrected chi connectivity index (χ3v) is 3.65. The van der Waals surface area contributed by atoms with Crippen molar-refractivity contribution in [3.63, 3.8) is 0 Å². The van der Waals surface area contributed by atoms with E-state index in [1.165, 1.54) is 0 Å². The summed E-state index contributed by atoms with van der Waals surface area (Å²) < 4.78 is 5.49. The highest BCUT2D eigenvalue weighted by Gasteiger charge is 2.20. The van der Waals surface area contributed by atoms with Crippen molar-refractivity contribution in [3.8, 4) is 5.75 Å². The minimum atomic E-state index is -0.0493. The second-order valence-corrected chi connectivity index (χ2v) is 5.23. The molecule has 0 radical (unpaired) electrons. The summed E-state index contributed by atoms with van der Waals surface area (Å²) in [4.78, 5) is 24.9. The van der Waals surface area contributed by atoms with Gasteiger partial charge in [-0.1, -0.05) is 12.1 Å². The number of hydrogen-bond donors (Lipinski definition) is 1. The van der Waals surface area contributed by atoms with Crippen molar-refractivity contribution in [2.24, 2.45) is 5.92 Å². The molecule has 1 aliphatic heterocycles. The first-order chi connectivity index (χ1) is 10.2. The van der Waals surface area contributed by atoms with Crippen LogP contribution >= 0.6 is 0 Å². The maximum atomic E-state index is 12.1. The Morgan fingerprint density at radius 1 is 1.38 bits per heavy atom. The van der Waals surface area contributed by atoms with E-state index in [2.05, 4.69) is 10.2 Å². The van der Waals surface area contributed by atoms with E-state index in [0.717, 1.165) is 32.2 Å². The molecule has 0 aliphatic carbocycles. The Morgan fingerprint density at radius 3 is 2.76 bits per heavy atom. The lowest BCUT2D eigenvalue weighted by Crippen LogP contribution is -2.39. The van der Waals surface area contributed by atoms with Crippen LogP contribution in [-0.2, 0) is 9.59 Å². The van der Waals surface area contributed by atoms with Crippen molar-refractivity contribution in [2.45, 2.75) is 19.8 Å². The van der Waals surface area contributed by atoms with E-state index >= 15 is 0 Å². The zero-order chi connectivity index (χ0) is 15.1. The Kier molecular flexibility index (Phi) is 5.75. The van der Waals surface area contributed by atoms with E-state index in [9.17, 15) is 9.59 Å². The molecule has 0 unspecified atom stereocenters. The first-order valence-electron chi connectivity index (χ1n) is 7.42. The molecule has 1 heterocycles. The van der Waals surface area contributed by atoms with Gasteiger partial charge in [-0.05, 0) is 45.0 Å². The number of carbonyl (C=O) groups is 2. The fraction of sp³-hybridized carbons (Fsp3) is 0.500. The van der Waals surface area contributed by atoms with Crippen LogP contribution in [-0.4, -0.2) is 43.3 Å². The SMILES string of the molecule is CCOc1ccccc1NC(=O)CN1CCC(C=O)CC1. The molecule has 114 valence electrons. The maximum Gasteiger partial charge on any atom is 0.238 e. The number of anilines is 1. The number of aldehydes is 1. The zero-order valence-corrected chi connectivity index (χ0v) is 12.4. The summed E-state index contributed by atoms with van der Waals surface area (Å²) in [5, 5.41) is 2.89. The van der Waals surface area contributed by atoms with Crippen LogP contribution < -0.4 is 10.1 Å². The number of hydrogen-bond acceptors (Lipinski definition) is 4. The number of likely N-dealkylation sites (tertiary alicyclic amines) is 1. The largest absolute Gasteiger partial charge is 0.492 e. The summed E-state index contributed by atoms with van der Waals surface area (Å²) >= 11 is 0. The van der Waals surface area contributed by atoms with Gasteiger partial charge >= 0.3 is 0 Å². The summed E-state index contributed by atoms with van der Waals surface area (Å²) in [7, 11) is 0. The molecule has 0 bridgehead atoms. The molecular weight excluding hydrogens is 268 g/mol. The molecule has 1 aliphatic rings. The van der Waals surface area contributed by atoms with Gasteiger partial charge in [-0.25, -0.2) is 0 Å². The lowest BCUT2D eigenvalue weighted by Gasteiger charge is -2.28. The number of ether oxygens (including phenoxy) is 1. The number of nitrogens with one attached hydrogen (secondary N) is 1. The number of rotatable bonds is 6. The summed E-state index contributed by atoms with van der Waals surface area (Å²) in [6.45, 7) is 4.42. The molecule has 1 aromatic rings. The molecule has 1 amide bonds. The molecule has 1 aromatic carbocycles. The van der Waals surface area contributed by atoms with Gasteiger partial charge in [0.25, 0.3) is 0 Å². The highest BCUT2D eigenvalue weighted by molar-refractivity contribution is 5.93. The van der Waals surface area contributed by atoms with Crippen LogP contribution in [0.4, 0.5) is 5.69 Å². The van der Waals surface area contributed by atoms with Crippen LogP contribution in [0.25, 0.3) is 0 Å². The summed E-state index contributed by atoms with van der Waals surface area (Å²) in [5.74, 6) is 0.794. The highest BCUT2D eigenvalue weighted by Crippen LogP contribution is 2.23. The van der Waals surface area contributed by atoms with Crippen LogP contribution in [0.5, 0.6) is 5.75 Å². The van der Waals surface area contributed by atoms with E-state index in [4.69, 9.17) is 4.74 Å². The van der Waals surface area contributed by atoms with Crippen molar-refractivity contribution in [1.82, 2.24) is 4.90 Å². The lowest BCUT2D eigenvalue weighted by molar-refractivity contribution is -0.117. The van der Waals surface area contributed by atoms with Crippen molar-refractivity contribution >= 4 is 17.9 Å². The molecule has 0 saturated carbocycles. The summed E-state index contributed by atoms with van der Waals surface area (Å²) in [5.41, 5.74) is 0.701. The quantitative estimate of drug-likeness (QED) is 0.813. The predicted molar refractivity (Wildman–Crippen MR) is 81.5 cm³/mol. The maximum absolute atomic E-state index is 12.1. The van der Waals surface area contributed by atoms with E-state index < -0.39 is 0 Å². The van der Waals surface area contributed by atoms with E-state index in [1.54, 1.807) is 0 Å². The zero-order valence-electron chi connectivity index (χ0n) is 12.4. The number of benzene rings is 1. The van der Waals surface area contributed by atoms with Gasteiger partial charge in [-0.15, -0.1) is 0 Å². The smallest absolute Gasteiger partial charge is 0.238 e. The molecular formula is C16H22N2O3.